The van der Waals surface area contributed by atoms with Crippen LogP contribution in [0.25, 0.3) is 0 Å². The fourth-order valence-electron chi connectivity index (χ4n) is 3.36. The molecule has 0 bridgehead atoms. The van der Waals surface area contributed by atoms with Gasteiger partial charge in [-0.1, -0.05) is 11.6 Å². The average Bonchev–Trinajstić information content (AvgIpc) is 3.01. The van der Waals surface area contributed by atoms with Gasteiger partial charge in [0.1, 0.15) is 13.2 Å². The van der Waals surface area contributed by atoms with Gasteiger partial charge in [-0.3, -0.25) is 4.79 Å². The topological polar surface area (TPSA) is 99.2 Å². The lowest BCUT2D eigenvalue weighted by Gasteiger charge is -2.29. The first-order valence-electron chi connectivity index (χ1n) is 9.03. The van der Waals surface area contributed by atoms with E-state index < -0.39 is 33.9 Å². The number of rotatable bonds is 5. The van der Waals surface area contributed by atoms with Crippen LogP contribution in [0.1, 0.15) is 30.6 Å². The summed E-state index contributed by atoms with van der Waals surface area (Å²) in [7, 11) is -3.13. The van der Waals surface area contributed by atoms with E-state index in [0.717, 1.165) is 0 Å². The number of nitrogens with zero attached hydrogens (tertiary/aromatic N) is 1. The SMILES string of the molecule is CCN(C(=O)[C@H](C)OC(=O)c1cc(Cl)c2c(c1)OCCO2)[C@H]1CCS(=O)(=O)C1. The van der Waals surface area contributed by atoms with Crippen LogP contribution in [0, 0.1) is 0 Å². The minimum absolute atomic E-state index is 0.0608. The molecule has 1 saturated heterocycles. The van der Waals surface area contributed by atoms with Crippen LogP contribution in [0.4, 0.5) is 0 Å². The van der Waals surface area contributed by atoms with Crippen molar-refractivity contribution < 1.29 is 32.2 Å². The summed E-state index contributed by atoms with van der Waals surface area (Å²) in [6, 6.07) is 2.46. The molecule has 0 radical (unpaired) electrons. The van der Waals surface area contributed by atoms with Crippen molar-refractivity contribution in [2.45, 2.75) is 32.4 Å². The Hall–Kier alpha value is -2.00. The summed E-state index contributed by atoms with van der Waals surface area (Å²) in [6.07, 6.45) is -0.678. The number of amides is 1. The molecule has 8 nitrogen and oxygen atoms in total. The maximum absolute atomic E-state index is 12.7. The van der Waals surface area contributed by atoms with Gasteiger partial charge < -0.3 is 19.1 Å². The lowest BCUT2D eigenvalue weighted by Crippen LogP contribution is -2.46. The van der Waals surface area contributed by atoms with Gasteiger partial charge in [0.2, 0.25) is 0 Å². The maximum Gasteiger partial charge on any atom is 0.339 e. The second-order valence-electron chi connectivity index (χ2n) is 6.71. The highest BCUT2D eigenvalue weighted by molar-refractivity contribution is 7.91. The number of sulfone groups is 1. The highest BCUT2D eigenvalue weighted by Gasteiger charge is 2.36. The lowest BCUT2D eigenvalue weighted by molar-refractivity contribution is -0.141. The summed E-state index contributed by atoms with van der Waals surface area (Å²) in [5, 5.41) is 0.217. The van der Waals surface area contributed by atoms with Crippen LogP contribution in [0.2, 0.25) is 5.02 Å². The Kier molecular flexibility index (Phi) is 6.04. The Bertz CT molecular complexity index is 886. The molecule has 1 aromatic carbocycles. The van der Waals surface area contributed by atoms with E-state index in [9.17, 15) is 18.0 Å². The van der Waals surface area contributed by atoms with Crippen LogP contribution in [0.5, 0.6) is 11.5 Å². The summed E-state index contributed by atoms with van der Waals surface area (Å²) < 4.78 is 39.6. The minimum Gasteiger partial charge on any atom is -0.486 e. The molecule has 0 unspecified atom stereocenters. The molecule has 0 aromatic heterocycles. The van der Waals surface area contributed by atoms with E-state index in [0.29, 0.717) is 37.7 Å². The molecule has 0 N–H and O–H groups in total. The van der Waals surface area contributed by atoms with Gasteiger partial charge in [0.05, 0.1) is 22.1 Å². The van der Waals surface area contributed by atoms with Crippen molar-refractivity contribution in [1.82, 2.24) is 4.90 Å². The van der Waals surface area contributed by atoms with Crippen LogP contribution in [0.15, 0.2) is 12.1 Å². The molecule has 28 heavy (non-hydrogen) atoms. The number of benzene rings is 1. The van der Waals surface area contributed by atoms with Crippen molar-refractivity contribution in [2.75, 3.05) is 31.3 Å². The zero-order valence-electron chi connectivity index (χ0n) is 15.6. The molecule has 2 atom stereocenters. The zero-order chi connectivity index (χ0) is 20.5. The van der Waals surface area contributed by atoms with Gasteiger partial charge >= 0.3 is 5.97 Å². The molecule has 2 aliphatic rings. The van der Waals surface area contributed by atoms with Gasteiger partial charge in [-0.05, 0) is 32.4 Å². The Morgan fingerprint density at radius 2 is 2.04 bits per heavy atom. The highest BCUT2D eigenvalue weighted by atomic mass is 35.5. The molecule has 3 rings (SSSR count). The molecule has 2 aliphatic heterocycles. The molecule has 0 spiro atoms. The Morgan fingerprint density at radius 3 is 2.68 bits per heavy atom. The van der Waals surface area contributed by atoms with Crippen molar-refractivity contribution in [3.05, 3.63) is 22.7 Å². The zero-order valence-corrected chi connectivity index (χ0v) is 17.2. The number of ether oxygens (including phenoxy) is 3. The number of likely N-dealkylation sites (N-methyl/N-ethyl adjacent to an activating group) is 1. The first-order valence-corrected chi connectivity index (χ1v) is 11.2. The molecule has 0 saturated carbocycles. The monoisotopic (exact) mass is 431 g/mol. The fraction of sp³-hybridized carbons (Fsp3) is 0.556. The predicted octanol–water partition coefficient (Wildman–Crippen LogP) is 1.69. The van der Waals surface area contributed by atoms with Gasteiger partial charge in [-0.2, -0.15) is 0 Å². The Morgan fingerprint density at radius 1 is 1.32 bits per heavy atom. The molecule has 10 heteroatoms. The normalized spacial score (nSPS) is 21.0. The molecular weight excluding hydrogens is 410 g/mol. The average molecular weight is 432 g/mol. The summed E-state index contributed by atoms with van der Waals surface area (Å²) in [6.45, 7) is 4.26. The first-order chi connectivity index (χ1) is 13.2. The molecular formula is C18H22ClNO7S. The van der Waals surface area contributed by atoms with Crippen LogP contribution in [-0.2, 0) is 19.4 Å². The smallest absolute Gasteiger partial charge is 0.339 e. The third-order valence-electron chi connectivity index (χ3n) is 4.74. The fourth-order valence-corrected chi connectivity index (χ4v) is 5.35. The Labute approximate surface area is 168 Å². The van der Waals surface area contributed by atoms with E-state index in [1.807, 2.05) is 0 Å². The quantitative estimate of drug-likeness (QED) is 0.654. The minimum atomic E-state index is -3.13. The third kappa shape index (κ3) is 4.35. The van der Waals surface area contributed by atoms with Crippen LogP contribution < -0.4 is 9.47 Å². The van der Waals surface area contributed by atoms with Crippen molar-refractivity contribution in [3.63, 3.8) is 0 Å². The van der Waals surface area contributed by atoms with E-state index in [-0.39, 0.29) is 22.1 Å². The summed E-state index contributed by atoms with van der Waals surface area (Å²) in [5.41, 5.74) is 0.139. The lowest BCUT2D eigenvalue weighted by atomic mass is 10.2. The standard InChI is InChI=1S/C18H22ClNO7S/c1-3-20(13-4-7-28(23,24)10-13)17(21)11(2)27-18(22)12-8-14(19)16-15(9-12)25-5-6-26-16/h8-9,11,13H,3-7,10H2,1-2H3/t11-,13-/m0/s1. The van der Waals surface area contributed by atoms with Crippen LogP contribution in [0.3, 0.4) is 0 Å². The van der Waals surface area contributed by atoms with Gasteiger partial charge in [0, 0.05) is 12.6 Å². The number of halogens is 1. The molecule has 1 fully saturated rings. The van der Waals surface area contributed by atoms with Gasteiger partial charge in [-0.15, -0.1) is 0 Å². The highest BCUT2D eigenvalue weighted by Crippen LogP contribution is 2.38. The summed E-state index contributed by atoms with van der Waals surface area (Å²) in [5.74, 6) is -0.448. The van der Waals surface area contributed by atoms with E-state index in [2.05, 4.69) is 0 Å². The van der Waals surface area contributed by atoms with Gasteiger partial charge in [0.15, 0.2) is 27.4 Å². The second kappa shape index (κ2) is 8.16. The number of fused-ring (bicyclic) bond motifs is 1. The molecule has 0 aliphatic carbocycles. The summed E-state index contributed by atoms with van der Waals surface area (Å²) in [4.78, 5) is 26.7. The van der Waals surface area contributed by atoms with Gasteiger partial charge in [-0.25, -0.2) is 13.2 Å². The van der Waals surface area contributed by atoms with Gasteiger partial charge in [0.25, 0.3) is 5.91 Å². The van der Waals surface area contributed by atoms with Crippen molar-refractivity contribution in [2.24, 2.45) is 0 Å². The number of esters is 1. The molecule has 2 heterocycles. The summed E-state index contributed by atoms with van der Waals surface area (Å²) >= 11 is 6.13. The number of carbonyl (C=O) groups is 2. The predicted molar refractivity (Wildman–Crippen MR) is 102 cm³/mol. The maximum atomic E-state index is 12.7. The van der Waals surface area contributed by atoms with Crippen molar-refractivity contribution in [3.8, 4) is 11.5 Å². The van der Waals surface area contributed by atoms with E-state index >= 15 is 0 Å². The number of hydrogen-bond acceptors (Lipinski definition) is 7. The second-order valence-corrected chi connectivity index (χ2v) is 9.35. The molecule has 154 valence electrons. The number of hydrogen-bond donors (Lipinski definition) is 0. The third-order valence-corrected chi connectivity index (χ3v) is 6.77. The molecule has 1 aromatic rings. The Balaban J connectivity index is 1.69. The van der Waals surface area contributed by atoms with E-state index in [1.54, 1.807) is 6.92 Å². The number of carbonyl (C=O) groups excluding carboxylic acids is 2. The van der Waals surface area contributed by atoms with Crippen LogP contribution in [-0.4, -0.2) is 68.6 Å². The largest absolute Gasteiger partial charge is 0.486 e. The van der Waals surface area contributed by atoms with E-state index in [4.69, 9.17) is 25.8 Å². The molecule has 1 amide bonds. The van der Waals surface area contributed by atoms with Crippen molar-refractivity contribution >= 4 is 33.3 Å². The van der Waals surface area contributed by atoms with Crippen LogP contribution >= 0.6 is 11.6 Å². The first kappa shape index (κ1) is 20.7. The van der Waals surface area contributed by atoms with E-state index in [1.165, 1.54) is 24.0 Å². The van der Waals surface area contributed by atoms with Crippen molar-refractivity contribution in [1.29, 1.82) is 0 Å².